The average Bonchev–Trinajstić information content (AvgIpc) is 3.19. The average molecular weight is 353 g/mol. The molecule has 1 saturated carbocycles. The van der Waals surface area contributed by atoms with Crippen molar-refractivity contribution in [1.29, 1.82) is 0 Å². The summed E-state index contributed by atoms with van der Waals surface area (Å²) in [5.41, 5.74) is -0.148. The minimum absolute atomic E-state index is 0.0326. The minimum Gasteiger partial charge on any atom is -0.331 e. The molecule has 2 aliphatic rings. The summed E-state index contributed by atoms with van der Waals surface area (Å²) in [5, 5.41) is 10.5. The van der Waals surface area contributed by atoms with Crippen LogP contribution in [0.3, 0.4) is 0 Å². The van der Waals surface area contributed by atoms with E-state index in [0.717, 1.165) is 25.2 Å². The first-order valence-electron chi connectivity index (χ1n) is 8.30. The molecule has 1 spiro atoms. The SMILES string of the molecule is O=C(NCc1nnc2ccc(C(F)(F)F)cn12)N1CCCC2(CC2)C1. The van der Waals surface area contributed by atoms with Crippen molar-refractivity contribution in [3.63, 3.8) is 0 Å². The number of carbonyl (C=O) groups excluding carboxylic acids is 1. The number of hydrogen-bond acceptors (Lipinski definition) is 3. The van der Waals surface area contributed by atoms with E-state index in [-0.39, 0.29) is 18.4 Å². The predicted molar refractivity (Wildman–Crippen MR) is 82.7 cm³/mol. The Bertz CT molecular complexity index is 812. The van der Waals surface area contributed by atoms with Crippen molar-refractivity contribution in [2.75, 3.05) is 13.1 Å². The van der Waals surface area contributed by atoms with E-state index in [0.29, 0.717) is 17.6 Å². The summed E-state index contributed by atoms with van der Waals surface area (Å²) in [4.78, 5) is 14.1. The number of pyridine rings is 1. The summed E-state index contributed by atoms with van der Waals surface area (Å²) in [6, 6.07) is 2.03. The molecule has 2 aromatic rings. The molecular formula is C16H18F3N5O. The Morgan fingerprint density at radius 2 is 2.04 bits per heavy atom. The number of amides is 2. The normalized spacial score (nSPS) is 19.4. The van der Waals surface area contributed by atoms with Crippen molar-refractivity contribution < 1.29 is 18.0 Å². The van der Waals surface area contributed by atoms with Gasteiger partial charge in [-0.25, -0.2) is 4.79 Å². The minimum atomic E-state index is -4.44. The van der Waals surface area contributed by atoms with Crippen LogP contribution in [0.25, 0.3) is 5.65 Å². The van der Waals surface area contributed by atoms with Crippen LogP contribution >= 0.6 is 0 Å². The highest BCUT2D eigenvalue weighted by Gasteiger charge is 2.46. The Labute approximate surface area is 142 Å². The Balaban J connectivity index is 1.46. The largest absolute Gasteiger partial charge is 0.417 e. The second-order valence-corrected chi connectivity index (χ2v) is 6.94. The zero-order valence-electron chi connectivity index (χ0n) is 13.5. The number of carbonyl (C=O) groups is 1. The first kappa shape index (κ1) is 16.2. The highest BCUT2D eigenvalue weighted by Crippen LogP contribution is 2.51. The lowest BCUT2D eigenvalue weighted by Crippen LogP contribution is -2.46. The van der Waals surface area contributed by atoms with Gasteiger partial charge in [-0.3, -0.25) is 4.40 Å². The van der Waals surface area contributed by atoms with Crippen LogP contribution in [-0.2, 0) is 12.7 Å². The first-order chi connectivity index (χ1) is 11.9. The zero-order chi connectivity index (χ0) is 17.7. The molecule has 1 aliphatic carbocycles. The maximum absolute atomic E-state index is 12.9. The lowest BCUT2D eigenvalue weighted by molar-refractivity contribution is -0.137. The second kappa shape index (κ2) is 5.60. The van der Waals surface area contributed by atoms with Crippen molar-refractivity contribution in [2.24, 2.45) is 5.41 Å². The third-order valence-corrected chi connectivity index (χ3v) is 5.10. The maximum atomic E-state index is 12.9. The fourth-order valence-corrected chi connectivity index (χ4v) is 3.46. The molecule has 4 rings (SSSR count). The Morgan fingerprint density at radius 3 is 2.76 bits per heavy atom. The number of rotatable bonds is 2. The molecule has 0 unspecified atom stereocenters. The highest BCUT2D eigenvalue weighted by atomic mass is 19.4. The van der Waals surface area contributed by atoms with Crippen molar-refractivity contribution >= 4 is 11.7 Å². The van der Waals surface area contributed by atoms with E-state index in [9.17, 15) is 18.0 Å². The summed E-state index contributed by atoms with van der Waals surface area (Å²) in [6.45, 7) is 1.51. The van der Waals surface area contributed by atoms with Crippen molar-refractivity contribution in [2.45, 2.75) is 38.4 Å². The predicted octanol–water partition coefficient (Wildman–Crippen LogP) is 2.83. The molecule has 6 nitrogen and oxygen atoms in total. The topological polar surface area (TPSA) is 62.5 Å². The fraction of sp³-hybridized carbons (Fsp3) is 0.562. The zero-order valence-corrected chi connectivity index (χ0v) is 13.5. The Hall–Kier alpha value is -2.32. The first-order valence-corrected chi connectivity index (χ1v) is 8.30. The number of alkyl halides is 3. The van der Waals surface area contributed by atoms with E-state index >= 15 is 0 Å². The van der Waals surface area contributed by atoms with Gasteiger partial charge in [-0.1, -0.05) is 0 Å². The number of aromatic nitrogens is 3. The third-order valence-electron chi connectivity index (χ3n) is 5.10. The summed E-state index contributed by atoms with van der Waals surface area (Å²) >= 11 is 0. The van der Waals surface area contributed by atoms with Crippen molar-refractivity contribution in [3.8, 4) is 0 Å². The van der Waals surface area contributed by atoms with Crippen molar-refractivity contribution in [3.05, 3.63) is 29.7 Å². The molecule has 0 bridgehead atoms. The molecule has 2 fully saturated rings. The van der Waals surface area contributed by atoms with Gasteiger partial charge in [0.1, 0.15) is 0 Å². The number of urea groups is 1. The van der Waals surface area contributed by atoms with Crippen LogP contribution < -0.4 is 5.32 Å². The highest BCUT2D eigenvalue weighted by molar-refractivity contribution is 5.74. The molecule has 9 heteroatoms. The van der Waals surface area contributed by atoms with E-state index in [1.54, 1.807) is 4.90 Å². The number of nitrogens with zero attached hydrogens (tertiary/aromatic N) is 4. The second-order valence-electron chi connectivity index (χ2n) is 6.94. The molecule has 3 heterocycles. The van der Waals surface area contributed by atoms with Crippen LogP contribution in [0, 0.1) is 5.41 Å². The Morgan fingerprint density at radius 1 is 1.24 bits per heavy atom. The molecule has 2 amide bonds. The van der Waals surface area contributed by atoms with Gasteiger partial charge in [-0.15, -0.1) is 10.2 Å². The van der Waals surface area contributed by atoms with Crippen LogP contribution in [0.5, 0.6) is 0 Å². The molecule has 25 heavy (non-hydrogen) atoms. The number of fused-ring (bicyclic) bond motifs is 1. The van der Waals surface area contributed by atoms with Gasteiger partial charge < -0.3 is 10.2 Å². The smallest absolute Gasteiger partial charge is 0.331 e. The van der Waals surface area contributed by atoms with Crippen LogP contribution in [0.4, 0.5) is 18.0 Å². The van der Waals surface area contributed by atoms with E-state index in [4.69, 9.17) is 0 Å². The number of piperidine rings is 1. The quantitative estimate of drug-likeness (QED) is 0.903. The van der Waals surface area contributed by atoms with Gasteiger partial charge in [0.2, 0.25) is 0 Å². The molecule has 134 valence electrons. The van der Waals surface area contributed by atoms with Crippen LogP contribution in [0.1, 0.15) is 37.1 Å². The van der Waals surface area contributed by atoms with Gasteiger partial charge >= 0.3 is 12.2 Å². The summed E-state index contributed by atoms with van der Waals surface area (Å²) in [6.07, 6.45) is 1.03. The van der Waals surface area contributed by atoms with E-state index < -0.39 is 11.7 Å². The van der Waals surface area contributed by atoms with Crippen LogP contribution in [-0.4, -0.2) is 38.6 Å². The fourth-order valence-electron chi connectivity index (χ4n) is 3.46. The molecular weight excluding hydrogens is 335 g/mol. The molecule has 0 atom stereocenters. The lowest BCUT2D eigenvalue weighted by Gasteiger charge is -2.32. The van der Waals surface area contributed by atoms with Gasteiger partial charge in [-0.2, -0.15) is 13.2 Å². The molecule has 1 N–H and O–H groups in total. The van der Waals surface area contributed by atoms with E-state index in [2.05, 4.69) is 15.5 Å². The Kier molecular flexibility index (Phi) is 3.62. The van der Waals surface area contributed by atoms with Crippen molar-refractivity contribution in [1.82, 2.24) is 24.8 Å². The standard InChI is InChI=1S/C16H18F3N5O/c17-16(18,19)11-2-3-12-21-22-13(24(12)9-11)8-20-14(25)23-7-1-4-15(10-23)5-6-15/h2-3,9H,1,4-8,10H2,(H,20,25). The third kappa shape index (κ3) is 3.14. The molecule has 1 saturated heterocycles. The molecule has 0 aromatic carbocycles. The summed E-state index contributed by atoms with van der Waals surface area (Å²) in [7, 11) is 0. The van der Waals surface area contributed by atoms with Gasteiger partial charge in [0.15, 0.2) is 11.5 Å². The number of halogens is 3. The molecule has 1 aliphatic heterocycles. The molecule has 2 aromatic heterocycles. The van der Waals surface area contributed by atoms with Gasteiger partial charge in [0.25, 0.3) is 0 Å². The van der Waals surface area contributed by atoms with E-state index in [1.165, 1.54) is 29.7 Å². The van der Waals surface area contributed by atoms with Gasteiger partial charge in [0.05, 0.1) is 12.1 Å². The van der Waals surface area contributed by atoms with Gasteiger partial charge in [-0.05, 0) is 43.2 Å². The maximum Gasteiger partial charge on any atom is 0.417 e. The summed E-state index contributed by atoms with van der Waals surface area (Å²) in [5.74, 6) is 0.271. The van der Waals surface area contributed by atoms with E-state index in [1.807, 2.05) is 0 Å². The van der Waals surface area contributed by atoms with Gasteiger partial charge in [0, 0.05) is 19.3 Å². The summed E-state index contributed by atoms with van der Waals surface area (Å²) < 4.78 is 39.8. The number of hydrogen-bond donors (Lipinski definition) is 1. The lowest BCUT2D eigenvalue weighted by atomic mass is 9.95. The number of likely N-dealkylation sites (tertiary alicyclic amines) is 1. The molecule has 0 radical (unpaired) electrons. The monoisotopic (exact) mass is 353 g/mol. The number of nitrogens with one attached hydrogen (secondary N) is 1. The van der Waals surface area contributed by atoms with Crippen LogP contribution in [0.15, 0.2) is 18.3 Å². The van der Waals surface area contributed by atoms with Crippen LogP contribution in [0.2, 0.25) is 0 Å².